The van der Waals surface area contributed by atoms with Gasteiger partial charge in [-0.3, -0.25) is 0 Å². The van der Waals surface area contributed by atoms with Crippen LogP contribution in [0.4, 0.5) is 11.5 Å². The minimum atomic E-state index is -0.651. The standard InChI is InChI=1S/C16H12Cl2N4O2/c17-10-5-9(12(19)6-11(10)18)16(23)24-7-14-21-13-4-2-1-3-8(13)15(20)22-14/h1-6H,7,19H2,(H2,20,21,22). The molecule has 4 N–H and O–H groups in total. The number of aromatic nitrogens is 2. The fourth-order valence-electron chi connectivity index (χ4n) is 2.16. The molecule has 0 saturated heterocycles. The first-order valence-electron chi connectivity index (χ1n) is 6.88. The lowest BCUT2D eigenvalue weighted by Gasteiger charge is -2.09. The lowest BCUT2D eigenvalue weighted by molar-refractivity contribution is 0.0464. The molecule has 0 spiro atoms. The molecule has 1 heterocycles. The summed E-state index contributed by atoms with van der Waals surface area (Å²) in [5.41, 5.74) is 12.6. The third-order valence-corrected chi connectivity index (χ3v) is 4.05. The zero-order valence-electron chi connectivity index (χ0n) is 12.3. The minimum Gasteiger partial charge on any atom is -0.454 e. The molecule has 0 atom stereocenters. The van der Waals surface area contributed by atoms with E-state index in [-0.39, 0.29) is 33.7 Å². The molecule has 3 rings (SSSR count). The van der Waals surface area contributed by atoms with Crippen LogP contribution in [0, 0.1) is 0 Å². The molecule has 3 aromatic rings. The summed E-state index contributed by atoms with van der Waals surface area (Å²) in [6.45, 7) is -0.145. The van der Waals surface area contributed by atoms with Gasteiger partial charge in [-0.15, -0.1) is 0 Å². The average molecular weight is 363 g/mol. The second kappa shape index (κ2) is 6.51. The van der Waals surface area contributed by atoms with Crippen LogP contribution in [0.2, 0.25) is 10.0 Å². The Hall–Kier alpha value is -2.57. The van der Waals surface area contributed by atoms with Crippen LogP contribution in [-0.4, -0.2) is 15.9 Å². The van der Waals surface area contributed by atoms with Crippen molar-refractivity contribution >= 4 is 51.6 Å². The summed E-state index contributed by atoms with van der Waals surface area (Å²) in [5, 5.41) is 1.21. The number of nitrogens with two attached hydrogens (primary N) is 2. The number of halogens is 2. The number of anilines is 2. The van der Waals surface area contributed by atoms with Gasteiger partial charge in [0, 0.05) is 11.1 Å². The summed E-state index contributed by atoms with van der Waals surface area (Å²) in [4.78, 5) is 20.6. The average Bonchev–Trinajstić information content (AvgIpc) is 2.56. The van der Waals surface area contributed by atoms with Gasteiger partial charge < -0.3 is 16.2 Å². The van der Waals surface area contributed by atoms with Gasteiger partial charge in [0.05, 0.1) is 21.1 Å². The molecule has 0 fully saturated rings. The molecular weight excluding hydrogens is 351 g/mol. The largest absolute Gasteiger partial charge is 0.454 e. The van der Waals surface area contributed by atoms with Crippen LogP contribution in [-0.2, 0) is 11.3 Å². The van der Waals surface area contributed by atoms with E-state index in [0.29, 0.717) is 11.3 Å². The highest BCUT2D eigenvalue weighted by atomic mass is 35.5. The van der Waals surface area contributed by atoms with E-state index in [9.17, 15) is 4.79 Å². The molecule has 0 bridgehead atoms. The van der Waals surface area contributed by atoms with E-state index in [1.807, 2.05) is 18.2 Å². The van der Waals surface area contributed by atoms with Crippen molar-refractivity contribution in [3.05, 3.63) is 57.8 Å². The summed E-state index contributed by atoms with van der Waals surface area (Å²) in [6.07, 6.45) is 0. The third kappa shape index (κ3) is 3.20. The fourth-order valence-corrected chi connectivity index (χ4v) is 2.50. The topological polar surface area (TPSA) is 104 Å². The molecule has 0 saturated carbocycles. The molecule has 0 aliphatic rings. The number of hydrogen-bond donors (Lipinski definition) is 2. The van der Waals surface area contributed by atoms with Crippen molar-refractivity contribution in [3.63, 3.8) is 0 Å². The van der Waals surface area contributed by atoms with E-state index < -0.39 is 5.97 Å². The van der Waals surface area contributed by atoms with Gasteiger partial charge in [-0.05, 0) is 24.3 Å². The highest BCUT2D eigenvalue weighted by Crippen LogP contribution is 2.28. The lowest BCUT2D eigenvalue weighted by atomic mass is 10.2. The maximum Gasteiger partial charge on any atom is 0.340 e. The van der Waals surface area contributed by atoms with Crippen molar-refractivity contribution in [1.82, 2.24) is 9.97 Å². The SMILES string of the molecule is Nc1cc(Cl)c(Cl)cc1C(=O)OCc1nc(N)c2ccccc2n1. The number of esters is 1. The molecule has 1 aromatic heterocycles. The number of nitrogen functional groups attached to an aromatic ring is 2. The highest BCUT2D eigenvalue weighted by molar-refractivity contribution is 6.42. The van der Waals surface area contributed by atoms with E-state index in [1.54, 1.807) is 6.07 Å². The van der Waals surface area contributed by atoms with Crippen LogP contribution in [0.15, 0.2) is 36.4 Å². The summed E-state index contributed by atoms with van der Waals surface area (Å²) in [7, 11) is 0. The number of carbonyl (C=O) groups is 1. The van der Waals surface area contributed by atoms with Gasteiger partial charge in [0.15, 0.2) is 12.4 Å². The number of nitrogens with zero attached hydrogens (tertiary/aromatic N) is 2. The Morgan fingerprint density at radius 3 is 2.58 bits per heavy atom. The number of carbonyl (C=O) groups excluding carboxylic acids is 1. The maximum atomic E-state index is 12.2. The van der Waals surface area contributed by atoms with Crippen LogP contribution in [0.1, 0.15) is 16.2 Å². The fraction of sp³-hybridized carbons (Fsp3) is 0.0625. The molecular formula is C16H12Cl2N4O2. The Kier molecular flexibility index (Phi) is 4.42. The van der Waals surface area contributed by atoms with Crippen molar-refractivity contribution in [2.45, 2.75) is 6.61 Å². The molecule has 0 aliphatic heterocycles. The second-order valence-electron chi connectivity index (χ2n) is 4.97. The molecule has 2 aromatic carbocycles. The Balaban J connectivity index is 1.81. The number of hydrogen-bond acceptors (Lipinski definition) is 6. The Morgan fingerprint density at radius 2 is 1.79 bits per heavy atom. The van der Waals surface area contributed by atoms with Crippen molar-refractivity contribution in [2.75, 3.05) is 11.5 Å². The van der Waals surface area contributed by atoms with Gasteiger partial charge in [0.1, 0.15) is 5.82 Å². The summed E-state index contributed by atoms with van der Waals surface area (Å²) < 4.78 is 5.19. The first-order valence-corrected chi connectivity index (χ1v) is 7.64. The summed E-state index contributed by atoms with van der Waals surface area (Å²) in [5.74, 6) is -0.0414. The van der Waals surface area contributed by atoms with Crippen molar-refractivity contribution in [2.24, 2.45) is 0 Å². The number of benzene rings is 2. The zero-order chi connectivity index (χ0) is 17.3. The summed E-state index contributed by atoms with van der Waals surface area (Å²) >= 11 is 11.7. The van der Waals surface area contributed by atoms with E-state index >= 15 is 0 Å². The Bertz CT molecular complexity index is 947. The van der Waals surface area contributed by atoms with Crippen molar-refractivity contribution in [3.8, 4) is 0 Å². The second-order valence-corrected chi connectivity index (χ2v) is 5.79. The minimum absolute atomic E-state index is 0.123. The predicted molar refractivity (Wildman–Crippen MR) is 93.9 cm³/mol. The maximum absolute atomic E-state index is 12.2. The number of para-hydroxylation sites is 1. The van der Waals surface area contributed by atoms with E-state index in [4.69, 9.17) is 39.4 Å². The predicted octanol–water partition coefficient (Wildman–Crippen LogP) is 3.46. The van der Waals surface area contributed by atoms with Gasteiger partial charge in [0.2, 0.25) is 0 Å². The van der Waals surface area contributed by atoms with Crippen molar-refractivity contribution in [1.29, 1.82) is 0 Å². The van der Waals surface area contributed by atoms with E-state index in [2.05, 4.69) is 9.97 Å². The number of ether oxygens (including phenoxy) is 1. The lowest BCUT2D eigenvalue weighted by Crippen LogP contribution is -2.10. The van der Waals surface area contributed by atoms with Crippen LogP contribution in [0.3, 0.4) is 0 Å². The van der Waals surface area contributed by atoms with Gasteiger partial charge in [-0.2, -0.15) is 0 Å². The Labute approximate surface area is 147 Å². The molecule has 0 amide bonds. The monoisotopic (exact) mass is 362 g/mol. The van der Waals surface area contributed by atoms with Crippen LogP contribution < -0.4 is 11.5 Å². The van der Waals surface area contributed by atoms with Crippen LogP contribution >= 0.6 is 23.2 Å². The van der Waals surface area contributed by atoms with Gasteiger partial charge in [-0.25, -0.2) is 14.8 Å². The van der Waals surface area contributed by atoms with Crippen LogP contribution in [0.25, 0.3) is 10.9 Å². The Morgan fingerprint density at radius 1 is 1.08 bits per heavy atom. The van der Waals surface area contributed by atoms with Gasteiger partial charge in [-0.1, -0.05) is 35.3 Å². The third-order valence-electron chi connectivity index (χ3n) is 3.32. The van der Waals surface area contributed by atoms with Gasteiger partial charge in [0.25, 0.3) is 0 Å². The molecule has 24 heavy (non-hydrogen) atoms. The van der Waals surface area contributed by atoms with E-state index in [1.165, 1.54) is 12.1 Å². The molecule has 0 unspecified atom stereocenters. The molecule has 0 aliphatic carbocycles. The summed E-state index contributed by atoms with van der Waals surface area (Å²) in [6, 6.07) is 10.0. The van der Waals surface area contributed by atoms with Crippen molar-refractivity contribution < 1.29 is 9.53 Å². The normalized spacial score (nSPS) is 10.8. The van der Waals surface area contributed by atoms with E-state index in [0.717, 1.165) is 5.39 Å². The smallest absolute Gasteiger partial charge is 0.340 e. The van der Waals surface area contributed by atoms with Gasteiger partial charge >= 0.3 is 5.97 Å². The number of rotatable bonds is 3. The van der Waals surface area contributed by atoms with Crippen LogP contribution in [0.5, 0.6) is 0 Å². The highest BCUT2D eigenvalue weighted by Gasteiger charge is 2.15. The molecule has 0 radical (unpaired) electrons. The molecule has 122 valence electrons. The first kappa shape index (κ1) is 16.3. The molecule has 8 heteroatoms. The quantitative estimate of drug-likeness (QED) is 0.546. The molecule has 6 nitrogen and oxygen atoms in total. The first-order chi connectivity index (χ1) is 11.5. The number of fused-ring (bicyclic) bond motifs is 1. The zero-order valence-corrected chi connectivity index (χ0v) is 13.8.